The zero-order valence-electron chi connectivity index (χ0n) is 17.5. The minimum Gasteiger partial charge on any atom is -0.479 e. The Labute approximate surface area is 177 Å². The third-order valence-corrected chi connectivity index (χ3v) is 6.22. The van der Waals surface area contributed by atoms with Crippen molar-refractivity contribution in [2.45, 2.75) is 57.2 Å². The van der Waals surface area contributed by atoms with E-state index in [4.69, 9.17) is 9.84 Å². The molecule has 4 heteroatoms. The van der Waals surface area contributed by atoms with E-state index in [1.165, 1.54) is 21.9 Å². The molecule has 4 nitrogen and oxygen atoms in total. The lowest BCUT2D eigenvalue weighted by molar-refractivity contribution is -0.144. The molecule has 0 radical (unpaired) electrons. The van der Waals surface area contributed by atoms with Gasteiger partial charge in [0.05, 0.1) is 0 Å². The number of aliphatic carboxylic acids is 1. The van der Waals surface area contributed by atoms with Crippen molar-refractivity contribution in [1.82, 2.24) is 5.32 Å². The number of nitrogens with one attached hydrogen (secondary N) is 1. The molecule has 0 spiro atoms. The molecule has 0 aliphatic heterocycles. The number of carbonyl (C=O) groups is 1. The van der Waals surface area contributed by atoms with Crippen molar-refractivity contribution in [3.63, 3.8) is 0 Å². The number of carboxylic acid groups (broad SMARTS) is 1. The molecular formula is C26H29NO3. The summed E-state index contributed by atoms with van der Waals surface area (Å²) < 4.78 is 5.44. The molecule has 30 heavy (non-hydrogen) atoms. The first-order valence-corrected chi connectivity index (χ1v) is 10.7. The number of benzene rings is 3. The van der Waals surface area contributed by atoms with Crippen LogP contribution in [0.25, 0.3) is 10.8 Å². The van der Waals surface area contributed by atoms with Crippen molar-refractivity contribution in [3.8, 4) is 5.75 Å². The first kappa shape index (κ1) is 20.4. The Balaban J connectivity index is 1.38. The molecule has 4 rings (SSSR count). The fourth-order valence-corrected chi connectivity index (χ4v) is 4.58. The summed E-state index contributed by atoms with van der Waals surface area (Å²) in [5.74, 6) is 0.170. The molecule has 1 unspecified atom stereocenters. The predicted octanol–water partition coefficient (Wildman–Crippen LogP) is 5.68. The Morgan fingerprint density at radius 1 is 1.00 bits per heavy atom. The van der Waals surface area contributed by atoms with Gasteiger partial charge in [0, 0.05) is 12.1 Å². The van der Waals surface area contributed by atoms with Crippen molar-refractivity contribution in [2.24, 2.45) is 0 Å². The lowest BCUT2D eigenvalue weighted by atomic mass is 9.96. The van der Waals surface area contributed by atoms with Crippen LogP contribution in [0.4, 0.5) is 0 Å². The van der Waals surface area contributed by atoms with Gasteiger partial charge in [0.1, 0.15) is 5.75 Å². The van der Waals surface area contributed by atoms with Gasteiger partial charge in [-0.2, -0.15) is 0 Å². The molecule has 2 N–H and O–H groups in total. The van der Waals surface area contributed by atoms with E-state index < -0.39 is 12.1 Å². The second-order valence-electron chi connectivity index (χ2n) is 8.33. The molecule has 0 heterocycles. The maximum Gasteiger partial charge on any atom is 0.344 e. The average Bonchev–Trinajstić information content (AvgIpc) is 3.22. The highest BCUT2D eigenvalue weighted by Crippen LogP contribution is 2.36. The minimum absolute atomic E-state index is 0.299. The van der Waals surface area contributed by atoms with Gasteiger partial charge >= 0.3 is 5.97 Å². The van der Waals surface area contributed by atoms with Gasteiger partial charge in [0.25, 0.3) is 0 Å². The molecule has 0 bridgehead atoms. The Hall–Kier alpha value is -2.85. The monoisotopic (exact) mass is 403 g/mol. The van der Waals surface area contributed by atoms with E-state index in [-0.39, 0.29) is 0 Å². The number of hydrogen-bond donors (Lipinski definition) is 2. The number of fused-ring (bicyclic) bond motifs is 1. The van der Waals surface area contributed by atoms with Gasteiger partial charge in [-0.15, -0.1) is 0 Å². The fraction of sp³-hybridized carbons (Fsp3) is 0.346. The van der Waals surface area contributed by atoms with Crippen molar-refractivity contribution in [2.75, 3.05) is 0 Å². The smallest absolute Gasteiger partial charge is 0.344 e. The molecule has 0 aromatic heterocycles. The number of hydrogen-bond acceptors (Lipinski definition) is 3. The molecule has 1 fully saturated rings. The number of rotatable bonds is 7. The average molecular weight is 404 g/mol. The summed E-state index contributed by atoms with van der Waals surface area (Å²) in [4.78, 5) is 10.9. The summed E-state index contributed by atoms with van der Waals surface area (Å²) in [7, 11) is 0. The maximum absolute atomic E-state index is 10.9. The van der Waals surface area contributed by atoms with Crippen LogP contribution >= 0.6 is 0 Å². The summed E-state index contributed by atoms with van der Waals surface area (Å²) in [5, 5.41) is 15.4. The summed E-state index contributed by atoms with van der Waals surface area (Å²) in [6.45, 7) is 3.80. The largest absolute Gasteiger partial charge is 0.479 e. The summed E-state index contributed by atoms with van der Waals surface area (Å²) >= 11 is 0. The highest BCUT2D eigenvalue weighted by Gasteiger charge is 2.27. The third kappa shape index (κ3) is 4.49. The van der Waals surface area contributed by atoms with Crippen LogP contribution in [0.15, 0.2) is 66.7 Å². The van der Waals surface area contributed by atoms with E-state index in [0.29, 0.717) is 23.8 Å². The second-order valence-corrected chi connectivity index (χ2v) is 8.33. The third-order valence-electron chi connectivity index (χ3n) is 6.22. The Bertz CT molecular complexity index is 1010. The molecule has 3 aromatic carbocycles. The SMILES string of the molecule is CC(Oc1ccc([C@@H]2CC[C@H](N[C@H](C)c3cccc4ccccc34)C2)cc1)C(=O)O. The lowest BCUT2D eigenvalue weighted by Gasteiger charge is -2.21. The van der Waals surface area contributed by atoms with E-state index in [0.717, 1.165) is 19.3 Å². The zero-order chi connectivity index (χ0) is 21.1. The van der Waals surface area contributed by atoms with E-state index in [1.54, 1.807) is 6.92 Å². The Morgan fingerprint density at radius 3 is 2.50 bits per heavy atom. The highest BCUT2D eigenvalue weighted by molar-refractivity contribution is 5.86. The molecule has 1 aliphatic carbocycles. The maximum atomic E-state index is 10.9. The van der Waals surface area contributed by atoms with Crippen molar-refractivity contribution in [3.05, 3.63) is 77.9 Å². The molecule has 4 atom stereocenters. The van der Waals surface area contributed by atoms with Crippen molar-refractivity contribution in [1.29, 1.82) is 0 Å². The van der Waals surface area contributed by atoms with Crippen LogP contribution in [-0.4, -0.2) is 23.2 Å². The van der Waals surface area contributed by atoms with E-state index in [2.05, 4.69) is 66.8 Å². The van der Waals surface area contributed by atoms with Crippen molar-refractivity contribution < 1.29 is 14.6 Å². The van der Waals surface area contributed by atoms with Crippen LogP contribution in [0.3, 0.4) is 0 Å². The standard InChI is InChI=1S/C26H29NO3/c1-17(24-9-5-7-20-6-3-4-8-25(20)24)27-22-13-10-21(16-22)19-11-14-23(15-12-19)30-18(2)26(28)29/h3-9,11-12,14-15,17-18,21-22,27H,10,13,16H2,1-2H3,(H,28,29)/t17-,18?,21-,22+/m1/s1. The van der Waals surface area contributed by atoms with Gasteiger partial charge in [0.2, 0.25) is 0 Å². The first-order valence-electron chi connectivity index (χ1n) is 10.7. The molecule has 0 saturated heterocycles. The molecule has 3 aromatic rings. The number of ether oxygens (including phenoxy) is 1. The van der Waals surface area contributed by atoms with Gasteiger partial charge in [-0.05, 0) is 73.1 Å². The van der Waals surface area contributed by atoms with Crippen LogP contribution in [0.1, 0.15) is 56.2 Å². The van der Waals surface area contributed by atoms with E-state index in [1.807, 2.05) is 12.1 Å². The summed E-state index contributed by atoms with van der Waals surface area (Å²) in [6.07, 6.45) is 2.59. The van der Waals surface area contributed by atoms with Crippen LogP contribution < -0.4 is 10.1 Å². The van der Waals surface area contributed by atoms with Crippen LogP contribution in [-0.2, 0) is 4.79 Å². The predicted molar refractivity (Wildman–Crippen MR) is 120 cm³/mol. The normalized spacial score (nSPS) is 20.7. The Kier molecular flexibility index (Phi) is 6.05. The van der Waals surface area contributed by atoms with Gasteiger partial charge in [-0.1, -0.05) is 54.6 Å². The van der Waals surface area contributed by atoms with Gasteiger partial charge in [0.15, 0.2) is 6.10 Å². The molecule has 1 saturated carbocycles. The molecule has 1 aliphatic rings. The van der Waals surface area contributed by atoms with Gasteiger partial charge in [-0.25, -0.2) is 4.79 Å². The van der Waals surface area contributed by atoms with Crippen molar-refractivity contribution >= 4 is 16.7 Å². The summed E-state index contributed by atoms with van der Waals surface area (Å²) in [6, 6.07) is 23.8. The lowest BCUT2D eigenvalue weighted by Crippen LogP contribution is -2.29. The van der Waals surface area contributed by atoms with Crippen LogP contribution in [0.2, 0.25) is 0 Å². The second kappa shape index (κ2) is 8.88. The summed E-state index contributed by atoms with van der Waals surface area (Å²) in [5.41, 5.74) is 2.65. The molecule has 156 valence electrons. The van der Waals surface area contributed by atoms with Crippen LogP contribution in [0.5, 0.6) is 5.75 Å². The quantitative estimate of drug-likeness (QED) is 0.533. The van der Waals surface area contributed by atoms with E-state index in [9.17, 15) is 4.79 Å². The topological polar surface area (TPSA) is 58.6 Å². The van der Waals surface area contributed by atoms with Gasteiger partial charge in [-0.3, -0.25) is 0 Å². The molecule has 0 amide bonds. The zero-order valence-corrected chi connectivity index (χ0v) is 17.5. The fourth-order valence-electron chi connectivity index (χ4n) is 4.58. The van der Waals surface area contributed by atoms with Crippen LogP contribution in [0, 0.1) is 0 Å². The number of carboxylic acids is 1. The van der Waals surface area contributed by atoms with E-state index >= 15 is 0 Å². The molecular weight excluding hydrogens is 374 g/mol. The van der Waals surface area contributed by atoms with Gasteiger partial charge < -0.3 is 15.2 Å². The highest BCUT2D eigenvalue weighted by atomic mass is 16.5. The first-order chi connectivity index (χ1) is 14.5. The minimum atomic E-state index is -0.955. The Morgan fingerprint density at radius 2 is 1.73 bits per heavy atom.